The van der Waals surface area contributed by atoms with E-state index in [9.17, 15) is 14.7 Å². The Labute approximate surface area is 325 Å². The van der Waals surface area contributed by atoms with Crippen molar-refractivity contribution >= 4 is 23.5 Å². The van der Waals surface area contributed by atoms with Gasteiger partial charge in [0.15, 0.2) is 22.8 Å². The van der Waals surface area contributed by atoms with Crippen LogP contribution in [0.3, 0.4) is 0 Å². The molecular formula is C45H58N2O8. The molecular weight excluding hydrogens is 697 g/mol. The number of nitrogens with zero attached hydrogens (tertiary/aromatic N) is 1. The number of rotatable bonds is 14. The fourth-order valence-electron chi connectivity index (χ4n) is 10.2. The van der Waals surface area contributed by atoms with Crippen LogP contribution in [0, 0.1) is 17.3 Å². The summed E-state index contributed by atoms with van der Waals surface area (Å²) in [5.74, 6) is -0.785. The average Bonchev–Trinajstić information content (AvgIpc) is 3.70. The fourth-order valence-corrected chi connectivity index (χ4v) is 10.2. The minimum Gasteiger partial charge on any atom is -0.506 e. The number of nitrogens with one attached hydrogen (secondary N) is 1. The highest BCUT2D eigenvalue weighted by Gasteiger charge is 2.91. The predicted molar refractivity (Wildman–Crippen MR) is 211 cm³/mol. The molecule has 2 saturated carbocycles. The van der Waals surface area contributed by atoms with E-state index in [0.29, 0.717) is 67.0 Å². The van der Waals surface area contributed by atoms with Crippen molar-refractivity contribution in [3.05, 3.63) is 69.4 Å². The van der Waals surface area contributed by atoms with Crippen molar-refractivity contribution in [3.63, 3.8) is 0 Å². The lowest BCUT2D eigenvalue weighted by atomic mass is 9.59. The SMILES string of the molecule is CNCCOCCN(C)C(=O)/C(C)=C\CC12OC(C)(C)C3C14Oc1c(CC=C(C)C)c5c(c(O)c1C(=O)C4=C[C@]31CC1C2=O)C=CC(C)(CCC=C(C)C)O5. The van der Waals surface area contributed by atoms with Crippen molar-refractivity contribution in [1.29, 1.82) is 0 Å². The third-order valence-electron chi connectivity index (χ3n) is 12.8. The van der Waals surface area contributed by atoms with E-state index in [4.69, 9.17) is 18.9 Å². The molecule has 4 bridgehead atoms. The highest BCUT2D eigenvalue weighted by atomic mass is 16.6. The smallest absolute Gasteiger partial charge is 0.248 e. The summed E-state index contributed by atoms with van der Waals surface area (Å²) < 4.78 is 26.9. The summed E-state index contributed by atoms with van der Waals surface area (Å²) in [4.78, 5) is 45.3. The lowest BCUT2D eigenvalue weighted by molar-refractivity contribution is -0.166. The maximum atomic E-state index is 15.2. The van der Waals surface area contributed by atoms with Crippen LogP contribution in [-0.2, 0) is 25.5 Å². The Kier molecular flexibility index (Phi) is 9.70. The fraction of sp³-hybridized carbons (Fsp3) is 0.578. The predicted octanol–water partition coefficient (Wildman–Crippen LogP) is 6.85. The number of hydrogen-bond acceptors (Lipinski definition) is 9. The Hall–Kier alpha value is -3.99. The van der Waals surface area contributed by atoms with Crippen LogP contribution in [0.1, 0.15) is 103 Å². The van der Waals surface area contributed by atoms with Crippen LogP contribution in [0.25, 0.3) is 6.08 Å². The number of ketones is 2. The van der Waals surface area contributed by atoms with Gasteiger partial charge in [-0.05, 0) is 100 Å². The molecule has 55 heavy (non-hydrogen) atoms. The van der Waals surface area contributed by atoms with Crippen molar-refractivity contribution in [2.24, 2.45) is 17.3 Å². The van der Waals surface area contributed by atoms with E-state index in [-0.39, 0.29) is 52.8 Å². The highest BCUT2D eigenvalue weighted by molar-refractivity contribution is 6.19. The zero-order valence-electron chi connectivity index (χ0n) is 34.2. The van der Waals surface area contributed by atoms with Crippen LogP contribution in [0.5, 0.6) is 17.2 Å². The van der Waals surface area contributed by atoms with E-state index in [1.54, 1.807) is 24.9 Å². The summed E-state index contributed by atoms with van der Waals surface area (Å²) >= 11 is 0. The highest BCUT2D eigenvalue weighted by Crippen LogP contribution is 2.82. The van der Waals surface area contributed by atoms with Gasteiger partial charge in [0.05, 0.1) is 24.4 Å². The minimum atomic E-state index is -1.59. The summed E-state index contributed by atoms with van der Waals surface area (Å²) in [6.07, 6.45) is 14.4. The van der Waals surface area contributed by atoms with Crippen LogP contribution in [-0.4, -0.2) is 90.3 Å². The van der Waals surface area contributed by atoms with Crippen LogP contribution < -0.4 is 14.8 Å². The first-order valence-corrected chi connectivity index (χ1v) is 19.8. The van der Waals surface area contributed by atoms with E-state index < -0.39 is 27.8 Å². The second-order valence-corrected chi connectivity index (χ2v) is 17.8. The molecule has 0 aromatic heterocycles. The quantitative estimate of drug-likeness (QED) is 0.119. The van der Waals surface area contributed by atoms with Crippen molar-refractivity contribution < 1.29 is 38.4 Å². The lowest BCUT2D eigenvalue weighted by Crippen LogP contribution is -2.67. The van der Waals surface area contributed by atoms with Crippen LogP contribution in [0.2, 0.25) is 0 Å². The molecule has 0 radical (unpaired) electrons. The first-order valence-electron chi connectivity index (χ1n) is 19.8. The number of fused-ring (bicyclic) bond motifs is 2. The van der Waals surface area contributed by atoms with Gasteiger partial charge in [-0.1, -0.05) is 35.5 Å². The molecule has 1 aromatic rings. The van der Waals surface area contributed by atoms with Gasteiger partial charge < -0.3 is 34.3 Å². The third kappa shape index (κ3) is 5.88. The maximum absolute atomic E-state index is 15.2. The Bertz CT molecular complexity index is 2000. The number of hydrogen-bond donors (Lipinski definition) is 2. The number of phenolic OH excluding ortho intramolecular Hbond substituents is 1. The van der Waals surface area contributed by atoms with Gasteiger partial charge in [0.2, 0.25) is 5.91 Å². The number of Topliss-reactive ketones (excluding diaryl/α,β-unsaturated/α-hetero) is 2. The number of carbonyl (C=O) groups excluding carboxylic acids is 3. The molecule has 7 rings (SSSR count). The van der Waals surface area contributed by atoms with Gasteiger partial charge >= 0.3 is 0 Å². The molecule has 1 amide bonds. The number of likely N-dealkylation sites (N-methyl/N-ethyl adjacent to an activating group) is 2. The zero-order chi connectivity index (χ0) is 39.9. The molecule has 3 aliphatic carbocycles. The van der Waals surface area contributed by atoms with Crippen molar-refractivity contribution in [1.82, 2.24) is 10.2 Å². The van der Waals surface area contributed by atoms with Crippen molar-refractivity contribution in [2.45, 2.75) is 110 Å². The summed E-state index contributed by atoms with van der Waals surface area (Å²) in [7, 11) is 3.59. The third-order valence-corrected chi connectivity index (χ3v) is 12.8. The van der Waals surface area contributed by atoms with Crippen molar-refractivity contribution in [3.8, 4) is 17.2 Å². The summed E-state index contributed by atoms with van der Waals surface area (Å²) in [5, 5.41) is 15.1. The molecule has 3 fully saturated rings. The zero-order valence-corrected chi connectivity index (χ0v) is 34.2. The number of allylic oxidation sites excluding steroid dienone is 5. The molecule has 10 nitrogen and oxygen atoms in total. The number of phenols is 1. The molecule has 5 unspecified atom stereocenters. The summed E-state index contributed by atoms with van der Waals surface area (Å²) in [6, 6.07) is 0. The molecule has 6 aliphatic rings. The molecule has 2 N–H and O–H groups in total. The van der Waals surface area contributed by atoms with Crippen LogP contribution in [0.15, 0.2) is 52.7 Å². The topological polar surface area (TPSA) is 124 Å². The molecule has 2 spiro atoms. The van der Waals surface area contributed by atoms with E-state index in [1.807, 2.05) is 59.9 Å². The van der Waals surface area contributed by atoms with Gasteiger partial charge in [0, 0.05) is 60.5 Å². The summed E-state index contributed by atoms with van der Waals surface area (Å²) in [6.45, 7) is 18.0. The molecule has 6 atom stereocenters. The number of benzene rings is 1. The van der Waals surface area contributed by atoms with Crippen molar-refractivity contribution in [2.75, 3.05) is 40.4 Å². The van der Waals surface area contributed by atoms with E-state index in [0.717, 1.165) is 18.5 Å². The van der Waals surface area contributed by atoms with Crippen LogP contribution in [0.4, 0.5) is 0 Å². The average molecular weight is 755 g/mol. The summed E-state index contributed by atoms with van der Waals surface area (Å²) in [5.41, 5.74) is -0.860. The standard InChI is InChI=1S/C45H58N2O8/c1-26(2)12-11-17-42(8)18-16-29-34(48)33-35(49)31-24-43-25-32(43)38(50)44(19-15-28(5)39(51)47(10)21-23-52-22-20-46-9)45(31,40(43)41(6,7)55-44)54-37(33)30(36(29)53-42)14-13-27(3)4/h12-13,15-16,18,24,32,40,46,48H,11,14,17,19-23,25H2,1-10H3/b28-15-/t32?,40?,42?,43-,44?,45?/m1/s1. The van der Waals surface area contributed by atoms with E-state index in [2.05, 4.69) is 31.3 Å². The molecule has 296 valence electrons. The Morgan fingerprint density at radius 1 is 1.04 bits per heavy atom. The molecule has 10 heteroatoms. The molecule has 1 aromatic carbocycles. The Balaban J connectivity index is 1.33. The van der Waals surface area contributed by atoms with Gasteiger partial charge in [0.1, 0.15) is 28.4 Å². The maximum Gasteiger partial charge on any atom is 0.248 e. The molecule has 1 saturated heterocycles. The van der Waals surface area contributed by atoms with E-state index >= 15 is 4.79 Å². The second-order valence-electron chi connectivity index (χ2n) is 17.8. The van der Waals surface area contributed by atoms with Gasteiger partial charge in [-0.3, -0.25) is 14.4 Å². The Morgan fingerprint density at radius 2 is 1.76 bits per heavy atom. The van der Waals surface area contributed by atoms with Gasteiger partial charge in [-0.25, -0.2) is 0 Å². The first kappa shape index (κ1) is 39.3. The normalized spacial score (nSPS) is 31.3. The number of ether oxygens (including phenoxy) is 4. The number of amides is 1. The van der Waals surface area contributed by atoms with Gasteiger partial charge in [0.25, 0.3) is 0 Å². The largest absolute Gasteiger partial charge is 0.506 e. The second kappa shape index (κ2) is 13.6. The van der Waals surface area contributed by atoms with E-state index in [1.165, 1.54) is 5.57 Å². The van der Waals surface area contributed by atoms with Gasteiger partial charge in [-0.15, -0.1) is 0 Å². The molecule has 3 heterocycles. The minimum absolute atomic E-state index is 0.0459. The van der Waals surface area contributed by atoms with Gasteiger partial charge in [-0.2, -0.15) is 0 Å². The number of aromatic hydroxyl groups is 1. The van der Waals surface area contributed by atoms with Crippen LogP contribution >= 0.6 is 0 Å². The monoisotopic (exact) mass is 754 g/mol. The molecule has 3 aliphatic heterocycles. The lowest BCUT2D eigenvalue weighted by Gasteiger charge is -2.50. The number of carbonyl (C=O) groups is 3. The Morgan fingerprint density at radius 3 is 2.45 bits per heavy atom. The first-order chi connectivity index (χ1) is 25.9.